The quantitative estimate of drug-likeness (QED) is 0.279. The van der Waals surface area contributed by atoms with Gasteiger partial charge in [0.15, 0.2) is 18.1 Å². The van der Waals surface area contributed by atoms with Crippen molar-refractivity contribution in [3.05, 3.63) is 87.3 Å². The fraction of sp³-hybridized carbons (Fsp3) is 0.250. The van der Waals surface area contributed by atoms with Gasteiger partial charge in [-0.1, -0.05) is 42.0 Å². The molecule has 42 heavy (non-hydrogen) atoms. The van der Waals surface area contributed by atoms with Crippen LogP contribution in [0.4, 0.5) is 16.2 Å². The second kappa shape index (κ2) is 13.4. The number of hydrogen-bond acceptors (Lipinski definition) is 7. The third-order valence-electron chi connectivity index (χ3n) is 6.46. The van der Waals surface area contributed by atoms with Gasteiger partial charge in [-0.2, -0.15) is 0 Å². The molecule has 2 N–H and O–H groups in total. The Morgan fingerprint density at radius 3 is 2.26 bits per heavy atom. The summed E-state index contributed by atoms with van der Waals surface area (Å²) in [5.74, 6) is -0.581. The summed E-state index contributed by atoms with van der Waals surface area (Å²) in [4.78, 5) is 52.0. The number of aryl methyl sites for hydroxylation is 4. The van der Waals surface area contributed by atoms with Gasteiger partial charge in [-0.3, -0.25) is 24.1 Å². The predicted octanol–water partition coefficient (Wildman–Crippen LogP) is 6.01. The summed E-state index contributed by atoms with van der Waals surface area (Å²) in [6.07, 6.45) is 1.56. The highest BCUT2D eigenvalue weighted by atomic mass is 32.2. The zero-order chi connectivity index (χ0) is 30.4. The first-order valence-corrected chi connectivity index (χ1v) is 14.3. The van der Waals surface area contributed by atoms with E-state index in [0.717, 1.165) is 38.9 Å². The number of ether oxygens (including phenoxy) is 2. The van der Waals surface area contributed by atoms with Crippen LogP contribution in [0, 0.1) is 27.7 Å². The van der Waals surface area contributed by atoms with Crippen molar-refractivity contribution in [1.82, 2.24) is 4.90 Å². The standard InChI is InChI=1S/C32H33N3O6S/c1-6-40-26-15-23(11-12-25(26)41-18-29(37)33-24-10-8-7-9-20(24)3)16-27-31(38)35(32(39)42-27)17-28(36)34-30-21(4)13-19(2)14-22(30)5/h7-16H,6,17-18H2,1-5H3,(H,33,37)(H,34,36)/b27-16-. The van der Waals surface area contributed by atoms with E-state index < -0.39 is 23.6 Å². The van der Waals surface area contributed by atoms with Crippen molar-refractivity contribution >= 4 is 52.2 Å². The monoisotopic (exact) mass is 587 g/mol. The predicted molar refractivity (Wildman–Crippen MR) is 165 cm³/mol. The van der Waals surface area contributed by atoms with Crippen molar-refractivity contribution in [2.45, 2.75) is 34.6 Å². The fourth-order valence-electron chi connectivity index (χ4n) is 4.53. The van der Waals surface area contributed by atoms with Crippen LogP contribution in [0.2, 0.25) is 0 Å². The van der Waals surface area contributed by atoms with Gasteiger partial charge in [0, 0.05) is 11.4 Å². The number of anilines is 2. The van der Waals surface area contributed by atoms with Crippen molar-refractivity contribution in [2.24, 2.45) is 0 Å². The number of para-hydroxylation sites is 1. The van der Waals surface area contributed by atoms with Crippen molar-refractivity contribution in [3.63, 3.8) is 0 Å². The number of imide groups is 1. The molecule has 9 nitrogen and oxygen atoms in total. The molecule has 0 unspecified atom stereocenters. The van der Waals surface area contributed by atoms with Crippen LogP contribution in [0.1, 0.15) is 34.7 Å². The zero-order valence-corrected chi connectivity index (χ0v) is 25.0. The molecule has 0 radical (unpaired) electrons. The molecule has 0 bridgehead atoms. The van der Waals surface area contributed by atoms with Gasteiger partial charge in [-0.25, -0.2) is 0 Å². The molecule has 218 valence electrons. The lowest BCUT2D eigenvalue weighted by Gasteiger charge is -2.16. The molecule has 0 saturated carbocycles. The minimum Gasteiger partial charge on any atom is -0.490 e. The lowest BCUT2D eigenvalue weighted by molar-refractivity contribution is -0.127. The Morgan fingerprint density at radius 1 is 0.857 bits per heavy atom. The number of benzene rings is 3. The smallest absolute Gasteiger partial charge is 0.294 e. The number of amides is 4. The van der Waals surface area contributed by atoms with E-state index in [2.05, 4.69) is 10.6 Å². The first-order chi connectivity index (χ1) is 20.0. The van der Waals surface area contributed by atoms with E-state index >= 15 is 0 Å². The Kier molecular flexibility index (Phi) is 9.69. The molecule has 0 atom stereocenters. The van der Waals surface area contributed by atoms with Gasteiger partial charge < -0.3 is 20.1 Å². The van der Waals surface area contributed by atoms with E-state index in [1.54, 1.807) is 24.3 Å². The van der Waals surface area contributed by atoms with Crippen molar-refractivity contribution < 1.29 is 28.7 Å². The number of hydrogen-bond donors (Lipinski definition) is 2. The Morgan fingerprint density at radius 2 is 1.57 bits per heavy atom. The largest absolute Gasteiger partial charge is 0.490 e. The third-order valence-corrected chi connectivity index (χ3v) is 7.37. The SMILES string of the molecule is CCOc1cc(/C=C2\SC(=O)N(CC(=O)Nc3c(C)cc(C)cc3C)C2=O)ccc1OCC(=O)Nc1ccccc1C. The second-order valence-corrected chi connectivity index (χ2v) is 10.9. The summed E-state index contributed by atoms with van der Waals surface area (Å²) in [5.41, 5.74) is 5.79. The number of carbonyl (C=O) groups excluding carboxylic acids is 4. The number of carbonyl (C=O) groups is 4. The summed E-state index contributed by atoms with van der Waals surface area (Å²) in [7, 11) is 0. The van der Waals surface area contributed by atoms with Crippen LogP contribution in [-0.4, -0.2) is 47.6 Å². The summed E-state index contributed by atoms with van der Waals surface area (Å²) >= 11 is 0.766. The summed E-state index contributed by atoms with van der Waals surface area (Å²) < 4.78 is 11.4. The molecule has 4 amide bonds. The molecule has 1 aliphatic heterocycles. The van der Waals surface area contributed by atoms with E-state index in [-0.39, 0.29) is 17.4 Å². The molecular formula is C32H33N3O6S. The summed E-state index contributed by atoms with van der Waals surface area (Å²) in [5, 5.41) is 5.12. The second-order valence-electron chi connectivity index (χ2n) is 9.88. The molecule has 3 aromatic rings. The van der Waals surface area contributed by atoms with Gasteiger partial charge in [0.2, 0.25) is 5.91 Å². The first-order valence-electron chi connectivity index (χ1n) is 13.4. The maximum Gasteiger partial charge on any atom is 0.294 e. The van der Waals surface area contributed by atoms with Crippen LogP contribution in [0.15, 0.2) is 59.5 Å². The van der Waals surface area contributed by atoms with E-state index in [0.29, 0.717) is 35.0 Å². The van der Waals surface area contributed by atoms with Crippen molar-refractivity contribution in [3.8, 4) is 11.5 Å². The molecular weight excluding hydrogens is 554 g/mol. The summed E-state index contributed by atoms with van der Waals surface area (Å²) in [6, 6.07) is 16.4. The topological polar surface area (TPSA) is 114 Å². The van der Waals surface area contributed by atoms with Crippen LogP contribution in [-0.2, 0) is 14.4 Å². The van der Waals surface area contributed by atoms with Crippen LogP contribution in [0.3, 0.4) is 0 Å². The van der Waals surface area contributed by atoms with Gasteiger partial charge in [0.05, 0.1) is 11.5 Å². The highest BCUT2D eigenvalue weighted by molar-refractivity contribution is 8.18. The molecule has 1 fully saturated rings. The highest BCUT2D eigenvalue weighted by Crippen LogP contribution is 2.35. The summed E-state index contributed by atoms with van der Waals surface area (Å²) in [6.45, 7) is 9.21. The van der Waals surface area contributed by atoms with E-state index in [4.69, 9.17) is 9.47 Å². The molecule has 1 saturated heterocycles. The number of nitrogens with one attached hydrogen (secondary N) is 2. The van der Waals surface area contributed by atoms with Crippen LogP contribution >= 0.6 is 11.8 Å². The zero-order valence-electron chi connectivity index (χ0n) is 24.2. The normalized spacial score (nSPS) is 13.8. The van der Waals surface area contributed by atoms with Crippen LogP contribution < -0.4 is 20.1 Å². The molecule has 0 aliphatic carbocycles. The maximum atomic E-state index is 13.1. The first kappa shape index (κ1) is 30.4. The van der Waals surface area contributed by atoms with E-state index in [1.165, 1.54) is 0 Å². The Bertz CT molecular complexity index is 1560. The van der Waals surface area contributed by atoms with Gasteiger partial charge >= 0.3 is 0 Å². The molecule has 3 aromatic carbocycles. The number of rotatable bonds is 10. The molecule has 1 aliphatic rings. The van der Waals surface area contributed by atoms with E-state index in [1.807, 2.05) is 71.0 Å². The number of nitrogens with zero attached hydrogens (tertiary/aromatic N) is 1. The number of thioether (sulfide) groups is 1. The average Bonchev–Trinajstić information content (AvgIpc) is 3.19. The van der Waals surface area contributed by atoms with Crippen molar-refractivity contribution in [2.75, 3.05) is 30.4 Å². The van der Waals surface area contributed by atoms with E-state index in [9.17, 15) is 19.2 Å². The fourth-order valence-corrected chi connectivity index (χ4v) is 5.37. The molecule has 4 rings (SSSR count). The Balaban J connectivity index is 1.42. The van der Waals surface area contributed by atoms with Gasteiger partial charge in [0.25, 0.3) is 17.1 Å². The maximum absolute atomic E-state index is 13.1. The van der Waals surface area contributed by atoms with Crippen LogP contribution in [0.25, 0.3) is 6.08 Å². The highest BCUT2D eigenvalue weighted by Gasteiger charge is 2.36. The van der Waals surface area contributed by atoms with Crippen LogP contribution in [0.5, 0.6) is 11.5 Å². The van der Waals surface area contributed by atoms with Gasteiger partial charge in [0.1, 0.15) is 6.54 Å². The lowest BCUT2D eigenvalue weighted by atomic mass is 10.1. The Hall–Kier alpha value is -4.57. The molecule has 0 spiro atoms. The molecule has 0 aromatic heterocycles. The van der Waals surface area contributed by atoms with Gasteiger partial charge in [-0.05, 0) is 92.9 Å². The van der Waals surface area contributed by atoms with Crippen molar-refractivity contribution in [1.29, 1.82) is 0 Å². The molecule has 1 heterocycles. The minimum atomic E-state index is -0.552. The van der Waals surface area contributed by atoms with Gasteiger partial charge in [-0.15, -0.1) is 0 Å². The molecule has 10 heteroatoms. The minimum absolute atomic E-state index is 0.184. The average molecular weight is 588 g/mol. The lowest BCUT2D eigenvalue weighted by Crippen LogP contribution is -2.36. The Labute approximate surface area is 249 Å². The third kappa shape index (κ3) is 7.38.